The molecule has 6 nitrogen and oxygen atoms in total. The molecule has 3 N–H and O–H groups in total. The second kappa shape index (κ2) is 71.3. The summed E-state index contributed by atoms with van der Waals surface area (Å²) >= 11 is 0. The van der Waals surface area contributed by atoms with Gasteiger partial charge in [-0.25, -0.2) is 0 Å². The van der Waals surface area contributed by atoms with Crippen LogP contribution in [0, 0.1) is 0 Å². The normalized spacial score (nSPS) is 12.8. The summed E-state index contributed by atoms with van der Waals surface area (Å²) in [7, 11) is 0. The lowest BCUT2D eigenvalue weighted by molar-refractivity contribution is -0.143. The number of aliphatic hydroxyl groups excluding tert-OH is 2. The number of hydrogen-bond acceptors (Lipinski definition) is 5. The Kier molecular flexibility index (Phi) is 69.4. The SMILES string of the molecule is CCCCC/C=C\C/C=C\CCCCCCCCCC(=O)OCCCCCCCCCCC/C=C\C/C=C\CCCCCCCCCC(=O)NC(CO)C(O)CCCCCCCCCCCCCCCCCCCCCCCCCCC. The highest BCUT2D eigenvalue weighted by molar-refractivity contribution is 5.76. The summed E-state index contributed by atoms with van der Waals surface area (Å²) in [5.74, 6) is -0.0416. The fourth-order valence-electron chi connectivity index (χ4n) is 11.5. The number of carbonyl (C=O) groups is 2. The van der Waals surface area contributed by atoms with E-state index in [4.69, 9.17) is 4.74 Å². The Balaban J connectivity index is 3.44. The topological polar surface area (TPSA) is 95.9 Å². The maximum atomic E-state index is 12.6. The summed E-state index contributed by atoms with van der Waals surface area (Å²) in [6.07, 6.45) is 93.0. The molecule has 0 aliphatic rings. The van der Waals surface area contributed by atoms with Crippen molar-refractivity contribution in [2.75, 3.05) is 13.2 Å². The van der Waals surface area contributed by atoms with E-state index in [-0.39, 0.29) is 18.5 Å². The lowest BCUT2D eigenvalue weighted by atomic mass is 10.0. The van der Waals surface area contributed by atoms with E-state index >= 15 is 0 Å². The third kappa shape index (κ3) is 67.0. The number of hydrogen-bond donors (Lipinski definition) is 3. The van der Waals surface area contributed by atoms with Crippen molar-refractivity contribution in [3.05, 3.63) is 48.6 Å². The van der Waals surface area contributed by atoms with Gasteiger partial charge in [-0.3, -0.25) is 9.59 Å². The molecule has 6 heteroatoms. The van der Waals surface area contributed by atoms with Crippen LogP contribution in [0.25, 0.3) is 0 Å². The zero-order chi connectivity index (χ0) is 59.2. The maximum Gasteiger partial charge on any atom is 0.305 e. The van der Waals surface area contributed by atoms with Crippen LogP contribution in [-0.4, -0.2) is 47.4 Å². The predicted octanol–water partition coefficient (Wildman–Crippen LogP) is 24.0. The van der Waals surface area contributed by atoms with Gasteiger partial charge >= 0.3 is 5.97 Å². The predicted molar refractivity (Wildman–Crippen MR) is 361 cm³/mol. The fourth-order valence-corrected chi connectivity index (χ4v) is 11.5. The van der Waals surface area contributed by atoms with Crippen molar-refractivity contribution in [2.45, 2.75) is 411 Å². The lowest BCUT2D eigenvalue weighted by Gasteiger charge is -2.22. The smallest absolute Gasteiger partial charge is 0.305 e. The van der Waals surface area contributed by atoms with Gasteiger partial charge in [-0.05, 0) is 89.9 Å². The Morgan fingerprint density at radius 1 is 0.341 bits per heavy atom. The second-order valence-electron chi connectivity index (χ2n) is 25.3. The zero-order valence-corrected chi connectivity index (χ0v) is 55.2. The van der Waals surface area contributed by atoms with Crippen molar-refractivity contribution in [3.8, 4) is 0 Å². The minimum absolute atomic E-state index is 0.000164. The van der Waals surface area contributed by atoms with Gasteiger partial charge in [0.2, 0.25) is 5.91 Å². The molecule has 482 valence electrons. The molecule has 82 heavy (non-hydrogen) atoms. The number of esters is 1. The van der Waals surface area contributed by atoms with Crippen LogP contribution in [0.2, 0.25) is 0 Å². The summed E-state index contributed by atoms with van der Waals surface area (Å²) in [6.45, 7) is 4.95. The van der Waals surface area contributed by atoms with E-state index in [1.807, 2.05) is 0 Å². The maximum absolute atomic E-state index is 12.6. The minimum atomic E-state index is -0.674. The standard InChI is InChI=1S/C76H143NO5/c1-3-5-7-9-11-13-15-17-19-21-22-23-24-25-27-30-33-37-40-44-48-52-56-60-64-68-74(79)73(72-78)77-75(80)69-65-61-57-53-49-45-41-38-34-31-28-26-29-32-35-39-43-47-51-55-59-63-67-71-82-76(81)70-66-62-58-54-50-46-42-36-20-18-16-14-12-10-8-6-4-2/h12,14,18,20,26,29,31,34,73-74,78-79H,3-11,13,15-17,19,21-25,27-28,30,32-33,35-72H2,1-2H3,(H,77,80)/b14-12-,20-18-,29-26-,34-31-. The van der Waals surface area contributed by atoms with Gasteiger partial charge in [0.25, 0.3) is 0 Å². The number of aliphatic hydroxyl groups is 2. The van der Waals surface area contributed by atoms with Crippen LogP contribution in [-0.2, 0) is 14.3 Å². The number of allylic oxidation sites excluding steroid dienone is 8. The summed E-state index contributed by atoms with van der Waals surface area (Å²) in [5.41, 5.74) is 0. The quantitative estimate of drug-likeness (QED) is 0.0320. The van der Waals surface area contributed by atoms with E-state index in [9.17, 15) is 19.8 Å². The molecule has 2 atom stereocenters. The molecule has 0 fully saturated rings. The van der Waals surface area contributed by atoms with Crippen molar-refractivity contribution < 1.29 is 24.5 Å². The van der Waals surface area contributed by atoms with Crippen molar-refractivity contribution in [1.82, 2.24) is 5.32 Å². The first kappa shape index (κ1) is 79.8. The van der Waals surface area contributed by atoms with Gasteiger partial charge in [0.05, 0.1) is 25.4 Å². The average Bonchev–Trinajstić information content (AvgIpc) is 3.48. The summed E-state index contributed by atoms with van der Waals surface area (Å²) in [5, 5.41) is 23.4. The van der Waals surface area contributed by atoms with Crippen molar-refractivity contribution >= 4 is 11.9 Å². The zero-order valence-electron chi connectivity index (χ0n) is 55.2. The Bertz CT molecular complexity index is 1370. The fraction of sp³-hybridized carbons (Fsp3) is 0.868. The number of unbranched alkanes of at least 4 members (excludes halogenated alkanes) is 50. The highest BCUT2D eigenvalue weighted by Gasteiger charge is 2.20. The largest absolute Gasteiger partial charge is 0.466 e. The molecule has 0 saturated carbocycles. The van der Waals surface area contributed by atoms with E-state index in [1.165, 1.54) is 302 Å². The van der Waals surface area contributed by atoms with Crippen molar-refractivity contribution in [1.29, 1.82) is 0 Å². The molecule has 0 aliphatic carbocycles. The molecule has 0 aliphatic heterocycles. The van der Waals surface area contributed by atoms with Crippen molar-refractivity contribution in [3.63, 3.8) is 0 Å². The molecular formula is C76H143NO5. The number of carbonyl (C=O) groups excluding carboxylic acids is 2. The Labute approximate surface area is 512 Å². The number of rotatable bonds is 69. The van der Waals surface area contributed by atoms with Crippen LogP contribution < -0.4 is 5.32 Å². The molecule has 0 aromatic heterocycles. The van der Waals surface area contributed by atoms with Gasteiger partial charge in [0.1, 0.15) is 0 Å². The molecule has 0 spiro atoms. The van der Waals surface area contributed by atoms with Crippen LogP contribution in [0.1, 0.15) is 399 Å². The minimum Gasteiger partial charge on any atom is -0.466 e. The summed E-state index contributed by atoms with van der Waals surface area (Å²) in [4.78, 5) is 24.7. The van der Waals surface area contributed by atoms with Crippen LogP contribution in [0.15, 0.2) is 48.6 Å². The van der Waals surface area contributed by atoms with Gasteiger partial charge in [-0.2, -0.15) is 0 Å². The molecule has 0 aromatic carbocycles. The lowest BCUT2D eigenvalue weighted by Crippen LogP contribution is -2.45. The van der Waals surface area contributed by atoms with Gasteiger partial charge in [0.15, 0.2) is 0 Å². The van der Waals surface area contributed by atoms with Crippen LogP contribution >= 0.6 is 0 Å². The monoisotopic (exact) mass is 1150 g/mol. The molecule has 0 radical (unpaired) electrons. The van der Waals surface area contributed by atoms with Crippen LogP contribution in [0.5, 0.6) is 0 Å². The molecule has 1 amide bonds. The van der Waals surface area contributed by atoms with E-state index in [2.05, 4.69) is 67.8 Å². The number of amides is 1. The van der Waals surface area contributed by atoms with E-state index < -0.39 is 12.1 Å². The van der Waals surface area contributed by atoms with Gasteiger partial charge in [0, 0.05) is 12.8 Å². The van der Waals surface area contributed by atoms with E-state index in [1.54, 1.807) is 0 Å². The van der Waals surface area contributed by atoms with Gasteiger partial charge in [-0.1, -0.05) is 345 Å². The summed E-state index contributed by atoms with van der Waals surface area (Å²) in [6, 6.07) is -0.552. The average molecular weight is 1150 g/mol. The third-order valence-electron chi connectivity index (χ3n) is 17.1. The van der Waals surface area contributed by atoms with Crippen molar-refractivity contribution in [2.24, 2.45) is 0 Å². The van der Waals surface area contributed by atoms with E-state index in [0.717, 1.165) is 64.2 Å². The molecule has 0 bridgehead atoms. The molecular weight excluding hydrogens is 1010 g/mol. The van der Waals surface area contributed by atoms with E-state index in [0.29, 0.717) is 25.9 Å². The van der Waals surface area contributed by atoms with Crippen LogP contribution in [0.3, 0.4) is 0 Å². The number of nitrogens with one attached hydrogen (secondary N) is 1. The number of ether oxygens (including phenoxy) is 1. The van der Waals surface area contributed by atoms with Gasteiger partial charge < -0.3 is 20.3 Å². The molecule has 0 saturated heterocycles. The Morgan fingerprint density at radius 3 is 0.951 bits per heavy atom. The first-order valence-electron chi connectivity index (χ1n) is 36.9. The summed E-state index contributed by atoms with van der Waals surface area (Å²) < 4.78 is 5.49. The molecule has 0 rings (SSSR count). The first-order chi connectivity index (χ1) is 40.5. The Hall–Kier alpha value is -2.18. The highest BCUT2D eigenvalue weighted by Crippen LogP contribution is 2.19. The Morgan fingerprint density at radius 2 is 0.610 bits per heavy atom. The second-order valence-corrected chi connectivity index (χ2v) is 25.3. The molecule has 0 aromatic rings. The highest BCUT2D eigenvalue weighted by atomic mass is 16.5. The van der Waals surface area contributed by atoms with Crippen LogP contribution in [0.4, 0.5) is 0 Å². The third-order valence-corrected chi connectivity index (χ3v) is 17.1. The molecule has 2 unspecified atom stereocenters. The molecule has 0 heterocycles. The first-order valence-corrected chi connectivity index (χ1v) is 36.9. The van der Waals surface area contributed by atoms with Gasteiger partial charge in [-0.15, -0.1) is 0 Å².